The van der Waals surface area contributed by atoms with Gasteiger partial charge in [0.1, 0.15) is 11.4 Å². The first kappa shape index (κ1) is 20.5. The summed E-state index contributed by atoms with van der Waals surface area (Å²) in [6.07, 6.45) is 0. The predicted molar refractivity (Wildman–Crippen MR) is 94.2 cm³/mol. The van der Waals surface area contributed by atoms with Crippen LogP contribution < -0.4 is 10.1 Å². The van der Waals surface area contributed by atoms with Crippen molar-refractivity contribution in [1.29, 1.82) is 0 Å². The fraction of sp³-hybridized carbons (Fsp3) is 0.625. The van der Waals surface area contributed by atoms with Gasteiger partial charge in [-0.25, -0.2) is 0 Å². The Bertz CT molecular complexity index is 398. The van der Waals surface area contributed by atoms with E-state index in [0.29, 0.717) is 6.04 Å². The standard InChI is InChI=1S/C16H26N2O.2ClH/c1-13(18-11-9-17-10-12-18)14-5-7-15(8-6-14)19-16(2,3)4;;/h5-8,13,17H,9-12H2,1-4H3;2*1H/t13-;;/m0../s1. The summed E-state index contributed by atoms with van der Waals surface area (Å²) in [4.78, 5) is 2.52. The molecule has 0 saturated carbocycles. The van der Waals surface area contributed by atoms with Crippen LogP contribution in [-0.2, 0) is 0 Å². The second-order valence-electron chi connectivity index (χ2n) is 6.25. The molecule has 1 N–H and O–H groups in total. The molecule has 1 heterocycles. The second-order valence-corrected chi connectivity index (χ2v) is 6.25. The molecule has 0 unspecified atom stereocenters. The fourth-order valence-corrected chi connectivity index (χ4v) is 2.45. The largest absolute Gasteiger partial charge is 0.488 e. The van der Waals surface area contributed by atoms with Gasteiger partial charge in [0, 0.05) is 32.2 Å². The molecule has 122 valence electrons. The van der Waals surface area contributed by atoms with E-state index in [9.17, 15) is 0 Å². The molecule has 0 amide bonds. The van der Waals surface area contributed by atoms with E-state index < -0.39 is 0 Å². The van der Waals surface area contributed by atoms with E-state index >= 15 is 0 Å². The number of hydrogen-bond acceptors (Lipinski definition) is 3. The monoisotopic (exact) mass is 334 g/mol. The SMILES string of the molecule is C[C@@H](c1ccc(OC(C)(C)C)cc1)N1CCNCC1.Cl.Cl. The van der Waals surface area contributed by atoms with Crippen molar-refractivity contribution in [1.82, 2.24) is 10.2 Å². The van der Waals surface area contributed by atoms with Gasteiger partial charge in [0.15, 0.2) is 0 Å². The third-order valence-electron chi connectivity index (χ3n) is 3.49. The highest BCUT2D eigenvalue weighted by molar-refractivity contribution is 5.85. The molecule has 1 aliphatic heterocycles. The van der Waals surface area contributed by atoms with Gasteiger partial charge in [0.05, 0.1) is 0 Å². The van der Waals surface area contributed by atoms with Gasteiger partial charge < -0.3 is 10.1 Å². The van der Waals surface area contributed by atoms with E-state index in [1.165, 1.54) is 5.56 Å². The number of piperazine rings is 1. The van der Waals surface area contributed by atoms with E-state index in [1.807, 2.05) is 0 Å². The summed E-state index contributed by atoms with van der Waals surface area (Å²) < 4.78 is 5.86. The second kappa shape index (κ2) is 8.84. The molecule has 1 atom stereocenters. The maximum absolute atomic E-state index is 5.86. The topological polar surface area (TPSA) is 24.5 Å². The average Bonchev–Trinajstić information content (AvgIpc) is 2.38. The van der Waals surface area contributed by atoms with Gasteiger partial charge in [-0.15, -0.1) is 24.8 Å². The van der Waals surface area contributed by atoms with Crippen molar-refractivity contribution in [3.05, 3.63) is 29.8 Å². The number of hydrogen-bond donors (Lipinski definition) is 1. The van der Waals surface area contributed by atoms with Crippen LogP contribution in [0.3, 0.4) is 0 Å². The molecule has 1 aliphatic rings. The molecule has 21 heavy (non-hydrogen) atoms. The zero-order valence-electron chi connectivity index (χ0n) is 13.4. The zero-order valence-corrected chi connectivity index (χ0v) is 15.0. The van der Waals surface area contributed by atoms with Crippen LogP contribution in [0, 0.1) is 0 Å². The van der Waals surface area contributed by atoms with Crippen LogP contribution in [0.5, 0.6) is 5.75 Å². The Hall–Kier alpha value is -0.480. The Labute approximate surface area is 141 Å². The van der Waals surface area contributed by atoms with E-state index in [-0.39, 0.29) is 30.4 Å². The smallest absolute Gasteiger partial charge is 0.120 e. The predicted octanol–water partition coefficient (Wildman–Crippen LogP) is 3.67. The molecule has 3 nitrogen and oxygen atoms in total. The van der Waals surface area contributed by atoms with Crippen molar-refractivity contribution in [3.8, 4) is 5.75 Å². The van der Waals surface area contributed by atoms with Gasteiger partial charge in [-0.3, -0.25) is 4.90 Å². The molecule has 2 rings (SSSR count). The van der Waals surface area contributed by atoms with Gasteiger partial charge in [-0.05, 0) is 45.4 Å². The molecular weight excluding hydrogens is 307 g/mol. The minimum atomic E-state index is -0.133. The fourth-order valence-electron chi connectivity index (χ4n) is 2.45. The molecule has 1 aromatic rings. The molecule has 1 aromatic carbocycles. The molecule has 5 heteroatoms. The Morgan fingerprint density at radius 1 is 1.05 bits per heavy atom. The zero-order chi connectivity index (χ0) is 13.9. The molecule has 0 bridgehead atoms. The Kier molecular flexibility index (Phi) is 8.64. The third-order valence-corrected chi connectivity index (χ3v) is 3.49. The molecule has 0 aliphatic carbocycles. The Morgan fingerprint density at radius 2 is 1.57 bits per heavy atom. The summed E-state index contributed by atoms with van der Waals surface area (Å²) in [6.45, 7) is 12.9. The minimum absolute atomic E-state index is 0. The van der Waals surface area contributed by atoms with Crippen molar-refractivity contribution >= 4 is 24.8 Å². The molecule has 1 saturated heterocycles. The Balaban J connectivity index is 0.00000200. The number of benzene rings is 1. The first-order chi connectivity index (χ1) is 8.96. The quantitative estimate of drug-likeness (QED) is 0.912. The van der Waals surface area contributed by atoms with Gasteiger partial charge in [-0.2, -0.15) is 0 Å². The third kappa shape index (κ3) is 6.43. The number of ether oxygens (including phenoxy) is 1. The molecule has 0 aromatic heterocycles. The van der Waals surface area contributed by atoms with Gasteiger partial charge in [0.2, 0.25) is 0 Å². The van der Waals surface area contributed by atoms with Crippen LogP contribution in [0.15, 0.2) is 24.3 Å². The lowest BCUT2D eigenvalue weighted by Crippen LogP contribution is -2.44. The van der Waals surface area contributed by atoms with E-state index in [0.717, 1.165) is 31.9 Å². The van der Waals surface area contributed by atoms with Crippen molar-refractivity contribution in [2.75, 3.05) is 26.2 Å². The van der Waals surface area contributed by atoms with Crippen molar-refractivity contribution in [3.63, 3.8) is 0 Å². The number of nitrogens with zero attached hydrogens (tertiary/aromatic N) is 1. The normalized spacial score (nSPS) is 17.3. The minimum Gasteiger partial charge on any atom is -0.488 e. The highest BCUT2D eigenvalue weighted by Gasteiger charge is 2.18. The summed E-state index contributed by atoms with van der Waals surface area (Å²) in [6, 6.07) is 9.02. The van der Waals surface area contributed by atoms with Crippen LogP contribution >= 0.6 is 24.8 Å². The van der Waals surface area contributed by atoms with Gasteiger partial charge in [-0.1, -0.05) is 12.1 Å². The van der Waals surface area contributed by atoms with E-state index in [1.54, 1.807) is 0 Å². The Morgan fingerprint density at radius 3 is 2.05 bits per heavy atom. The first-order valence-electron chi connectivity index (χ1n) is 7.19. The molecule has 0 radical (unpaired) electrons. The summed E-state index contributed by atoms with van der Waals surface area (Å²) in [5.41, 5.74) is 1.23. The summed E-state index contributed by atoms with van der Waals surface area (Å²) >= 11 is 0. The maximum atomic E-state index is 5.86. The number of nitrogens with one attached hydrogen (secondary N) is 1. The van der Waals surface area contributed by atoms with Crippen LogP contribution in [-0.4, -0.2) is 36.7 Å². The van der Waals surface area contributed by atoms with Crippen molar-refractivity contribution in [2.24, 2.45) is 0 Å². The average molecular weight is 335 g/mol. The first-order valence-corrected chi connectivity index (χ1v) is 7.19. The summed E-state index contributed by atoms with van der Waals surface area (Å²) in [5, 5.41) is 3.39. The van der Waals surface area contributed by atoms with Crippen LogP contribution in [0.2, 0.25) is 0 Å². The van der Waals surface area contributed by atoms with Crippen LogP contribution in [0.4, 0.5) is 0 Å². The lowest BCUT2D eigenvalue weighted by atomic mass is 10.1. The number of rotatable bonds is 3. The van der Waals surface area contributed by atoms with Gasteiger partial charge in [0.25, 0.3) is 0 Å². The van der Waals surface area contributed by atoms with Crippen molar-refractivity contribution in [2.45, 2.75) is 39.3 Å². The van der Waals surface area contributed by atoms with Crippen LogP contribution in [0.1, 0.15) is 39.3 Å². The lowest BCUT2D eigenvalue weighted by molar-refractivity contribution is 0.130. The van der Waals surface area contributed by atoms with Gasteiger partial charge >= 0.3 is 0 Å². The highest BCUT2D eigenvalue weighted by atomic mass is 35.5. The van der Waals surface area contributed by atoms with E-state index in [2.05, 4.69) is 62.2 Å². The van der Waals surface area contributed by atoms with E-state index in [4.69, 9.17) is 4.74 Å². The molecule has 0 spiro atoms. The molecular formula is C16H28Cl2N2O. The lowest BCUT2D eigenvalue weighted by Gasteiger charge is -2.33. The highest BCUT2D eigenvalue weighted by Crippen LogP contribution is 2.24. The summed E-state index contributed by atoms with van der Waals surface area (Å²) in [7, 11) is 0. The number of halogens is 2. The van der Waals surface area contributed by atoms with Crippen LogP contribution in [0.25, 0.3) is 0 Å². The van der Waals surface area contributed by atoms with Crippen molar-refractivity contribution < 1.29 is 4.74 Å². The molecule has 1 fully saturated rings. The maximum Gasteiger partial charge on any atom is 0.120 e. The summed E-state index contributed by atoms with van der Waals surface area (Å²) in [5.74, 6) is 0.948.